The van der Waals surface area contributed by atoms with E-state index in [9.17, 15) is 4.79 Å². The maximum absolute atomic E-state index is 10.8. The molecule has 1 aliphatic heterocycles. The van der Waals surface area contributed by atoms with Crippen molar-refractivity contribution in [2.24, 2.45) is 5.92 Å². The molecule has 2 rings (SSSR count). The molecule has 0 spiro atoms. The van der Waals surface area contributed by atoms with Gasteiger partial charge in [-0.1, -0.05) is 0 Å². The van der Waals surface area contributed by atoms with Crippen LogP contribution in [0.15, 0.2) is 0 Å². The number of rotatable bonds is 3. The average molecular weight is 167 g/mol. The Kier molecular flexibility index (Phi) is 2.18. The second kappa shape index (κ2) is 3.17. The molecular weight excluding hydrogens is 150 g/mol. The molecule has 0 amide bonds. The first-order valence-corrected chi connectivity index (χ1v) is 4.99. The Morgan fingerprint density at radius 1 is 1.42 bits per heavy atom. The van der Waals surface area contributed by atoms with Crippen LogP contribution in [0.5, 0.6) is 0 Å². The maximum Gasteiger partial charge on any atom is 0.130 e. The summed E-state index contributed by atoms with van der Waals surface area (Å²) in [4.78, 5) is 13.3. The summed E-state index contributed by atoms with van der Waals surface area (Å²) in [6.45, 7) is 4.31. The molecule has 0 bridgehead atoms. The predicted octanol–water partition coefficient (Wildman–Crippen LogP) is 1.45. The monoisotopic (exact) mass is 167 g/mol. The van der Waals surface area contributed by atoms with Crippen LogP contribution in [0.25, 0.3) is 0 Å². The van der Waals surface area contributed by atoms with E-state index in [2.05, 4.69) is 4.90 Å². The fourth-order valence-corrected chi connectivity index (χ4v) is 2.28. The normalized spacial score (nSPS) is 35.4. The van der Waals surface area contributed by atoms with E-state index in [0.717, 1.165) is 12.5 Å². The zero-order valence-corrected chi connectivity index (χ0v) is 7.75. The summed E-state index contributed by atoms with van der Waals surface area (Å²) in [6.07, 6.45) is 4.76. The number of likely N-dealkylation sites (tertiary alicyclic amines) is 1. The lowest BCUT2D eigenvalue weighted by Gasteiger charge is -2.47. The highest BCUT2D eigenvalue weighted by Gasteiger charge is 2.35. The van der Waals surface area contributed by atoms with Crippen molar-refractivity contribution in [1.82, 2.24) is 4.90 Å². The van der Waals surface area contributed by atoms with E-state index in [1.165, 1.54) is 32.4 Å². The van der Waals surface area contributed by atoms with Gasteiger partial charge >= 0.3 is 0 Å². The minimum Gasteiger partial charge on any atom is -0.300 e. The van der Waals surface area contributed by atoms with Gasteiger partial charge in [-0.3, -0.25) is 0 Å². The van der Waals surface area contributed by atoms with Crippen molar-refractivity contribution in [3.63, 3.8) is 0 Å². The van der Waals surface area contributed by atoms with Crippen molar-refractivity contribution in [2.75, 3.05) is 13.1 Å². The molecule has 0 unspecified atom stereocenters. The van der Waals surface area contributed by atoms with Crippen LogP contribution in [0.3, 0.4) is 0 Å². The Morgan fingerprint density at radius 3 is 2.50 bits per heavy atom. The van der Waals surface area contributed by atoms with E-state index < -0.39 is 0 Å². The van der Waals surface area contributed by atoms with Crippen LogP contribution in [0, 0.1) is 5.92 Å². The summed E-state index contributed by atoms with van der Waals surface area (Å²) in [7, 11) is 0. The largest absolute Gasteiger partial charge is 0.300 e. The van der Waals surface area contributed by atoms with Crippen molar-refractivity contribution >= 4 is 5.78 Å². The molecule has 1 saturated heterocycles. The van der Waals surface area contributed by atoms with E-state index in [-0.39, 0.29) is 0 Å². The third-order valence-corrected chi connectivity index (χ3v) is 3.19. The summed E-state index contributed by atoms with van der Waals surface area (Å²) in [6, 6.07) is 0.836. The lowest BCUT2D eigenvalue weighted by Crippen LogP contribution is -2.51. The molecule has 12 heavy (non-hydrogen) atoms. The molecule has 1 saturated carbocycles. The van der Waals surface area contributed by atoms with Crippen LogP contribution in [-0.2, 0) is 4.79 Å². The Bertz CT molecular complexity index is 180. The van der Waals surface area contributed by atoms with Crippen LogP contribution in [0.2, 0.25) is 0 Å². The van der Waals surface area contributed by atoms with Gasteiger partial charge in [0.2, 0.25) is 0 Å². The van der Waals surface area contributed by atoms with Gasteiger partial charge < -0.3 is 9.69 Å². The lowest BCUT2D eigenvalue weighted by atomic mass is 9.76. The second-order valence-electron chi connectivity index (χ2n) is 4.29. The van der Waals surface area contributed by atoms with Gasteiger partial charge in [-0.15, -0.1) is 0 Å². The first-order valence-electron chi connectivity index (χ1n) is 4.99. The number of hydrogen-bond acceptors (Lipinski definition) is 2. The molecule has 1 heterocycles. The van der Waals surface area contributed by atoms with Gasteiger partial charge in [-0.05, 0) is 45.2 Å². The third kappa shape index (κ3) is 1.53. The van der Waals surface area contributed by atoms with Gasteiger partial charge in [0.25, 0.3) is 0 Å². The van der Waals surface area contributed by atoms with Crippen molar-refractivity contribution in [3.8, 4) is 0 Å². The van der Waals surface area contributed by atoms with Crippen LogP contribution in [0.4, 0.5) is 0 Å². The zero-order valence-electron chi connectivity index (χ0n) is 7.75. The Hall–Kier alpha value is -0.370. The summed E-state index contributed by atoms with van der Waals surface area (Å²) in [5.74, 6) is 1.08. The SMILES string of the molecule is CC(=O)CC1CC(N2CCC2)C1. The summed E-state index contributed by atoms with van der Waals surface area (Å²) < 4.78 is 0. The minimum atomic E-state index is 0.363. The number of hydrogen-bond donors (Lipinski definition) is 0. The molecule has 0 aromatic rings. The highest BCUT2D eigenvalue weighted by atomic mass is 16.1. The van der Waals surface area contributed by atoms with Crippen molar-refractivity contribution in [1.29, 1.82) is 0 Å². The fraction of sp³-hybridized carbons (Fsp3) is 0.900. The van der Waals surface area contributed by atoms with Crippen LogP contribution < -0.4 is 0 Å². The van der Waals surface area contributed by atoms with Gasteiger partial charge in [-0.2, -0.15) is 0 Å². The third-order valence-electron chi connectivity index (χ3n) is 3.19. The summed E-state index contributed by atoms with van der Waals surface area (Å²) in [5, 5.41) is 0. The van der Waals surface area contributed by atoms with E-state index >= 15 is 0 Å². The molecule has 0 aromatic heterocycles. The van der Waals surface area contributed by atoms with Gasteiger partial charge in [0.15, 0.2) is 0 Å². The molecule has 2 nitrogen and oxygen atoms in total. The molecule has 68 valence electrons. The molecule has 0 N–H and O–H groups in total. The predicted molar refractivity (Wildman–Crippen MR) is 48.0 cm³/mol. The number of Topliss-reactive ketones (excluding diaryl/α,β-unsaturated/α-hetero) is 1. The Morgan fingerprint density at radius 2 is 2.08 bits per heavy atom. The van der Waals surface area contributed by atoms with E-state index in [4.69, 9.17) is 0 Å². The Balaban J connectivity index is 1.66. The summed E-state index contributed by atoms with van der Waals surface area (Å²) in [5.41, 5.74) is 0. The number of carbonyl (C=O) groups excluding carboxylic acids is 1. The number of ketones is 1. The average Bonchev–Trinajstić information content (AvgIpc) is 1.77. The smallest absolute Gasteiger partial charge is 0.130 e. The number of carbonyl (C=O) groups is 1. The topological polar surface area (TPSA) is 20.3 Å². The molecule has 2 aliphatic rings. The molecular formula is C10H17NO. The first kappa shape index (κ1) is 8.24. The van der Waals surface area contributed by atoms with Gasteiger partial charge in [0.05, 0.1) is 0 Å². The van der Waals surface area contributed by atoms with Crippen LogP contribution >= 0.6 is 0 Å². The minimum absolute atomic E-state index is 0.363. The van der Waals surface area contributed by atoms with Gasteiger partial charge in [0.1, 0.15) is 5.78 Å². The molecule has 2 heteroatoms. The zero-order chi connectivity index (χ0) is 8.55. The van der Waals surface area contributed by atoms with Gasteiger partial charge in [-0.25, -0.2) is 0 Å². The van der Waals surface area contributed by atoms with E-state index in [0.29, 0.717) is 11.7 Å². The second-order valence-corrected chi connectivity index (χ2v) is 4.29. The van der Waals surface area contributed by atoms with Crippen LogP contribution in [-0.4, -0.2) is 29.8 Å². The van der Waals surface area contributed by atoms with Gasteiger partial charge in [0, 0.05) is 12.5 Å². The van der Waals surface area contributed by atoms with Crippen molar-refractivity contribution in [3.05, 3.63) is 0 Å². The fourth-order valence-electron chi connectivity index (χ4n) is 2.28. The standard InChI is InChI=1S/C10H17NO/c1-8(12)5-9-6-10(7-9)11-3-2-4-11/h9-10H,2-7H2,1H3. The molecule has 0 atom stereocenters. The quantitative estimate of drug-likeness (QED) is 0.634. The van der Waals surface area contributed by atoms with Crippen molar-refractivity contribution in [2.45, 2.75) is 38.6 Å². The van der Waals surface area contributed by atoms with E-state index in [1.807, 2.05) is 0 Å². The highest BCUT2D eigenvalue weighted by molar-refractivity contribution is 5.75. The maximum atomic E-state index is 10.8. The molecule has 0 radical (unpaired) electrons. The van der Waals surface area contributed by atoms with Crippen LogP contribution in [0.1, 0.15) is 32.6 Å². The highest BCUT2D eigenvalue weighted by Crippen LogP contribution is 2.36. The first-order chi connectivity index (χ1) is 5.75. The number of nitrogens with zero attached hydrogens (tertiary/aromatic N) is 1. The molecule has 0 aromatic carbocycles. The molecule has 1 aliphatic carbocycles. The summed E-state index contributed by atoms with van der Waals surface area (Å²) >= 11 is 0. The Labute approximate surface area is 73.9 Å². The lowest BCUT2D eigenvalue weighted by molar-refractivity contribution is -0.119. The van der Waals surface area contributed by atoms with Crippen molar-refractivity contribution < 1.29 is 4.79 Å². The van der Waals surface area contributed by atoms with E-state index in [1.54, 1.807) is 6.92 Å². The molecule has 2 fully saturated rings.